The molecule has 0 unspecified atom stereocenters. The SMILES string of the molecule is N#C/N=C(\N)NCCCC(=O)Nc1ccc(C[C@H](NC(=O)c2c(Cl)cc(C(=O)O)cc2Cl)C(=O)O)cc1. The van der Waals surface area contributed by atoms with Gasteiger partial charge in [-0.2, -0.15) is 5.26 Å². The number of aromatic carboxylic acids is 1. The summed E-state index contributed by atoms with van der Waals surface area (Å²) in [6.07, 6.45) is 2.07. The van der Waals surface area contributed by atoms with Gasteiger partial charge in [0.15, 0.2) is 0 Å². The minimum absolute atomic E-state index is 0.0309. The second kappa shape index (κ2) is 13.7. The van der Waals surface area contributed by atoms with Crippen molar-refractivity contribution in [1.29, 1.82) is 5.26 Å². The van der Waals surface area contributed by atoms with E-state index in [-0.39, 0.29) is 45.9 Å². The molecule has 2 aromatic carbocycles. The fourth-order valence-corrected chi connectivity index (χ4v) is 3.74. The minimum atomic E-state index is -1.34. The van der Waals surface area contributed by atoms with Crippen LogP contribution in [0.5, 0.6) is 0 Å². The van der Waals surface area contributed by atoms with Crippen LogP contribution in [0.3, 0.4) is 0 Å². The number of hydrogen-bond donors (Lipinski definition) is 6. The number of anilines is 1. The lowest BCUT2D eigenvalue weighted by Gasteiger charge is -2.16. The maximum Gasteiger partial charge on any atom is 0.335 e. The van der Waals surface area contributed by atoms with E-state index in [1.165, 1.54) is 6.19 Å². The lowest BCUT2D eigenvalue weighted by atomic mass is 10.0. The summed E-state index contributed by atoms with van der Waals surface area (Å²) in [6, 6.07) is 7.11. The van der Waals surface area contributed by atoms with Gasteiger partial charge in [0.25, 0.3) is 5.91 Å². The monoisotopic (exact) mass is 548 g/mol. The Labute approximate surface area is 221 Å². The summed E-state index contributed by atoms with van der Waals surface area (Å²) in [6.45, 7) is 0.353. The number of carboxylic acids is 2. The summed E-state index contributed by atoms with van der Waals surface area (Å²) in [5.74, 6) is -3.77. The van der Waals surface area contributed by atoms with Gasteiger partial charge in [0.2, 0.25) is 18.1 Å². The number of guanidine groups is 1. The van der Waals surface area contributed by atoms with Crippen LogP contribution in [0.15, 0.2) is 41.4 Å². The number of carbonyl (C=O) groups excluding carboxylic acids is 2. The lowest BCUT2D eigenvalue weighted by Crippen LogP contribution is -2.42. The molecule has 194 valence electrons. The third kappa shape index (κ3) is 8.99. The normalized spacial score (nSPS) is 11.6. The second-order valence-corrected chi connectivity index (χ2v) is 8.38. The van der Waals surface area contributed by atoms with E-state index in [9.17, 15) is 24.3 Å². The molecule has 37 heavy (non-hydrogen) atoms. The number of nitriles is 1. The van der Waals surface area contributed by atoms with E-state index in [2.05, 4.69) is 20.9 Å². The number of halogens is 2. The van der Waals surface area contributed by atoms with Gasteiger partial charge in [-0.15, -0.1) is 4.99 Å². The predicted molar refractivity (Wildman–Crippen MR) is 136 cm³/mol. The number of carboxylic acid groups (broad SMARTS) is 2. The zero-order valence-corrected chi connectivity index (χ0v) is 20.6. The van der Waals surface area contributed by atoms with Crippen LogP contribution in [0, 0.1) is 11.5 Å². The highest BCUT2D eigenvalue weighted by Gasteiger charge is 2.25. The summed E-state index contributed by atoms with van der Waals surface area (Å²) in [7, 11) is 0. The molecule has 2 rings (SSSR count). The molecule has 0 spiro atoms. The molecule has 7 N–H and O–H groups in total. The van der Waals surface area contributed by atoms with Gasteiger partial charge in [-0.1, -0.05) is 35.3 Å². The molecule has 0 saturated heterocycles. The molecule has 0 aliphatic heterocycles. The molecule has 0 aromatic heterocycles. The largest absolute Gasteiger partial charge is 0.480 e. The Hall–Kier alpha value is -4.34. The van der Waals surface area contributed by atoms with Crippen molar-refractivity contribution in [2.24, 2.45) is 10.7 Å². The number of nitrogens with zero attached hydrogens (tertiary/aromatic N) is 2. The van der Waals surface area contributed by atoms with Gasteiger partial charge in [-0.25, -0.2) is 9.59 Å². The van der Waals surface area contributed by atoms with Gasteiger partial charge >= 0.3 is 11.9 Å². The first-order valence-corrected chi connectivity index (χ1v) is 11.4. The molecule has 1 atom stereocenters. The van der Waals surface area contributed by atoms with Crippen molar-refractivity contribution in [2.75, 3.05) is 11.9 Å². The summed E-state index contributed by atoms with van der Waals surface area (Å²) >= 11 is 12.0. The van der Waals surface area contributed by atoms with E-state index in [0.29, 0.717) is 24.2 Å². The standard InChI is InChI=1S/C23H22Cl2N6O6/c24-15-9-13(21(34)35)10-16(25)19(15)20(33)31-17(22(36)37)8-12-3-5-14(6-4-12)30-18(32)2-1-7-28-23(27)29-11-26/h3-6,9-10,17H,1-2,7-8H2,(H,30,32)(H,31,33)(H,34,35)(H,36,37)(H3,27,28,29)/t17-/m0/s1. The Bertz CT molecular complexity index is 1240. The Morgan fingerprint density at radius 1 is 1.08 bits per heavy atom. The Balaban J connectivity index is 1.97. The first-order chi connectivity index (χ1) is 17.5. The number of carbonyl (C=O) groups is 4. The number of aliphatic imine (C=N–C) groups is 1. The number of rotatable bonds is 11. The molecule has 0 bridgehead atoms. The number of hydrogen-bond acceptors (Lipinski definition) is 6. The van der Waals surface area contributed by atoms with Crippen LogP contribution in [0.1, 0.15) is 39.1 Å². The van der Waals surface area contributed by atoms with E-state index in [4.69, 9.17) is 39.3 Å². The van der Waals surface area contributed by atoms with Crippen LogP contribution in [-0.2, 0) is 16.0 Å². The van der Waals surface area contributed by atoms with Crippen LogP contribution in [0.4, 0.5) is 5.69 Å². The number of aliphatic carboxylic acids is 1. The predicted octanol–water partition coefficient (Wildman–Crippen LogP) is 2.22. The van der Waals surface area contributed by atoms with Crippen LogP contribution in [0.25, 0.3) is 0 Å². The van der Waals surface area contributed by atoms with E-state index in [0.717, 1.165) is 12.1 Å². The van der Waals surface area contributed by atoms with Gasteiger partial charge < -0.3 is 31.9 Å². The number of nitrogens with two attached hydrogens (primary N) is 1. The van der Waals surface area contributed by atoms with E-state index < -0.39 is 23.9 Å². The molecule has 0 radical (unpaired) electrons. The fraction of sp³-hybridized carbons (Fsp3) is 0.217. The molecular formula is C23H22Cl2N6O6. The van der Waals surface area contributed by atoms with Crippen molar-refractivity contribution in [3.05, 3.63) is 63.1 Å². The van der Waals surface area contributed by atoms with Gasteiger partial charge in [0.05, 0.1) is 21.2 Å². The van der Waals surface area contributed by atoms with E-state index in [1.54, 1.807) is 24.3 Å². The first kappa shape index (κ1) is 28.9. The van der Waals surface area contributed by atoms with Crippen LogP contribution in [-0.4, -0.2) is 52.5 Å². The smallest absolute Gasteiger partial charge is 0.335 e. The summed E-state index contributed by atoms with van der Waals surface area (Å²) in [4.78, 5) is 50.9. The zero-order valence-electron chi connectivity index (χ0n) is 19.1. The molecule has 0 heterocycles. The minimum Gasteiger partial charge on any atom is -0.480 e. The maximum atomic E-state index is 12.7. The van der Waals surface area contributed by atoms with E-state index in [1.807, 2.05) is 0 Å². The molecule has 2 aromatic rings. The number of nitrogens with one attached hydrogen (secondary N) is 3. The molecule has 12 nitrogen and oxygen atoms in total. The molecule has 0 aliphatic rings. The van der Waals surface area contributed by atoms with Crippen molar-refractivity contribution < 1.29 is 29.4 Å². The van der Waals surface area contributed by atoms with Crippen molar-refractivity contribution >= 4 is 58.6 Å². The molecule has 0 saturated carbocycles. The summed E-state index contributed by atoms with van der Waals surface area (Å²) in [5, 5.41) is 34.3. The Morgan fingerprint density at radius 3 is 2.24 bits per heavy atom. The lowest BCUT2D eigenvalue weighted by molar-refractivity contribution is -0.139. The average Bonchev–Trinajstić information content (AvgIpc) is 2.82. The maximum absolute atomic E-state index is 12.7. The second-order valence-electron chi connectivity index (χ2n) is 7.56. The highest BCUT2D eigenvalue weighted by Crippen LogP contribution is 2.27. The molecule has 2 amide bonds. The molecule has 0 fully saturated rings. The average molecular weight is 549 g/mol. The first-order valence-electron chi connectivity index (χ1n) is 10.6. The Morgan fingerprint density at radius 2 is 1.70 bits per heavy atom. The summed E-state index contributed by atoms with van der Waals surface area (Å²) < 4.78 is 0. The number of benzene rings is 2. The Kier molecular flexibility index (Phi) is 10.7. The van der Waals surface area contributed by atoms with Crippen molar-refractivity contribution in [2.45, 2.75) is 25.3 Å². The zero-order chi connectivity index (χ0) is 27.5. The van der Waals surface area contributed by atoms with Crippen LogP contribution in [0.2, 0.25) is 10.0 Å². The third-order valence-electron chi connectivity index (χ3n) is 4.85. The molecule has 14 heteroatoms. The quantitative estimate of drug-likeness (QED) is 0.105. The summed E-state index contributed by atoms with van der Waals surface area (Å²) in [5.41, 5.74) is 5.98. The third-order valence-corrected chi connectivity index (χ3v) is 5.45. The van der Waals surface area contributed by atoms with Gasteiger partial charge in [0.1, 0.15) is 6.04 Å². The van der Waals surface area contributed by atoms with Gasteiger partial charge in [-0.05, 0) is 36.2 Å². The van der Waals surface area contributed by atoms with E-state index >= 15 is 0 Å². The van der Waals surface area contributed by atoms with Gasteiger partial charge in [-0.3, -0.25) is 9.59 Å². The topological polar surface area (TPSA) is 207 Å². The molecule has 0 aliphatic carbocycles. The highest BCUT2D eigenvalue weighted by atomic mass is 35.5. The van der Waals surface area contributed by atoms with Crippen LogP contribution < -0.4 is 21.7 Å². The fourth-order valence-electron chi connectivity index (χ4n) is 3.09. The van der Waals surface area contributed by atoms with Crippen molar-refractivity contribution in [3.63, 3.8) is 0 Å². The molecular weight excluding hydrogens is 527 g/mol. The van der Waals surface area contributed by atoms with Crippen LogP contribution >= 0.6 is 23.2 Å². The van der Waals surface area contributed by atoms with Crippen molar-refractivity contribution in [1.82, 2.24) is 10.6 Å². The number of amides is 2. The highest BCUT2D eigenvalue weighted by molar-refractivity contribution is 6.40. The van der Waals surface area contributed by atoms with Crippen molar-refractivity contribution in [3.8, 4) is 6.19 Å². The van der Waals surface area contributed by atoms with Gasteiger partial charge in [0, 0.05) is 25.1 Å².